The molecular weight excluding hydrogens is 352 g/mol. The van der Waals surface area contributed by atoms with E-state index in [9.17, 15) is 14.4 Å². The molecule has 0 fully saturated rings. The van der Waals surface area contributed by atoms with Gasteiger partial charge in [-0.2, -0.15) is 0 Å². The molecule has 0 radical (unpaired) electrons. The molecule has 0 spiro atoms. The zero-order valence-electron chi connectivity index (χ0n) is 14.4. The van der Waals surface area contributed by atoms with Gasteiger partial charge in [0.05, 0.1) is 12.0 Å². The highest BCUT2D eigenvalue weighted by Crippen LogP contribution is 2.24. The van der Waals surface area contributed by atoms with Crippen molar-refractivity contribution in [2.75, 3.05) is 5.32 Å². The Balaban J connectivity index is 1.56. The van der Waals surface area contributed by atoms with Crippen LogP contribution in [0.25, 0.3) is 0 Å². The van der Waals surface area contributed by atoms with Crippen molar-refractivity contribution in [2.45, 2.75) is 38.7 Å². The lowest BCUT2D eigenvalue weighted by Crippen LogP contribution is -2.30. The summed E-state index contributed by atoms with van der Waals surface area (Å²) < 4.78 is 5.22. The Morgan fingerprint density at radius 1 is 1.23 bits per heavy atom. The van der Waals surface area contributed by atoms with Crippen molar-refractivity contribution in [1.82, 2.24) is 0 Å². The minimum atomic E-state index is -0.972. The summed E-state index contributed by atoms with van der Waals surface area (Å²) in [5, 5.41) is 4.58. The molecule has 136 valence electrons. The van der Waals surface area contributed by atoms with Gasteiger partial charge in [-0.25, -0.2) is 0 Å². The molecule has 0 bridgehead atoms. The van der Waals surface area contributed by atoms with E-state index in [1.165, 1.54) is 35.5 Å². The molecule has 1 aliphatic rings. The quantitative estimate of drug-likeness (QED) is 0.761. The van der Waals surface area contributed by atoms with E-state index < -0.39 is 23.9 Å². The summed E-state index contributed by atoms with van der Waals surface area (Å²) in [4.78, 5) is 35.6. The maximum Gasteiger partial charge on any atom is 0.311 e. The second-order valence-corrected chi connectivity index (χ2v) is 7.20. The molecule has 1 aromatic heterocycles. The molecule has 2 amide bonds. The lowest BCUT2D eigenvalue weighted by molar-refractivity contribution is -0.152. The number of thiophene rings is 1. The number of hydrogen-bond donors (Lipinski definition) is 2. The molecule has 3 rings (SSSR count). The average molecular weight is 372 g/mol. The van der Waals surface area contributed by atoms with E-state index in [1.807, 2.05) is 12.1 Å². The molecule has 0 aliphatic heterocycles. The maximum atomic E-state index is 12.2. The largest absolute Gasteiger partial charge is 0.452 e. The van der Waals surface area contributed by atoms with Gasteiger partial charge < -0.3 is 15.8 Å². The molecule has 26 heavy (non-hydrogen) atoms. The van der Waals surface area contributed by atoms with Crippen molar-refractivity contribution in [3.63, 3.8) is 0 Å². The van der Waals surface area contributed by atoms with E-state index in [0.717, 1.165) is 24.8 Å². The molecule has 6 nitrogen and oxygen atoms in total. The van der Waals surface area contributed by atoms with Crippen molar-refractivity contribution in [1.29, 1.82) is 0 Å². The summed E-state index contributed by atoms with van der Waals surface area (Å²) in [5.74, 6) is -1.59. The van der Waals surface area contributed by atoms with E-state index in [2.05, 4.69) is 11.4 Å². The Morgan fingerprint density at radius 2 is 2.00 bits per heavy atom. The lowest BCUT2D eigenvalue weighted by Gasteiger charge is -2.13. The van der Waals surface area contributed by atoms with Crippen LogP contribution in [0.3, 0.4) is 0 Å². The fourth-order valence-corrected chi connectivity index (χ4v) is 3.80. The molecule has 1 atom stereocenters. The van der Waals surface area contributed by atoms with Gasteiger partial charge in [0.2, 0.25) is 0 Å². The third kappa shape index (κ3) is 4.11. The highest BCUT2D eigenvalue weighted by molar-refractivity contribution is 7.14. The summed E-state index contributed by atoms with van der Waals surface area (Å²) in [6, 6.07) is 7.57. The van der Waals surface area contributed by atoms with Crippen LogP contribution < -0.4 is 11.1 Å². The van der Waals surface area contributed by atoms with E-state index in [4.69, 9.17) is 10.5 Å². The molecule has 1 aliphatic carbocycles. The molecule has 0 saturated carbocycles. The molecule has 7 heteroatoms. The van der Waals surface area contributed by atoms with Crippen molar-refractivity contribution in [3.8, 4) is 0 Å². The van der Waals surface area contributed by atoms with Crippen molar-refractivity contribution in [3.05, 3.63) is 51.9 Å². The molecule has 0 saturated heterocycles. The smallest absolute Gasteiger partial charge is 0.311 e. The Bertz CT molecular complexity index is 859. The second-order valence-electron chi connectivity index (χ2n) is 6.28. The third-order valence-corrected chi connectivity index (χ3v) is 5.19. The van der Waals surface area contributed by atoms with Gasteiger partial charge in [-0.3, -0.25) is 14.4 Å². The summed E-state index contributed by atoms with van der Waals surface area (Å²) in [6.45, 7) is 1.49. The Hall–Kier alpha value is -2.67. The van der Waals surface area contributed by atoms with Gasteiger partial charge >= 0.3 is 5.97 Å². The predicted molar refractivity (Wildman–Crippen MR) is 99.2 cm³/mol. The number of carbonyl (C=O) groups is 3. The van der Waals surface area contributed by atoms with Crippen LogP contribution in [0, 0.1) is 0 Å². The van der Waals surface area contributed by atoms with Crippen LogP contribution in [0.1, 0.15) is 40.4 Å². The van der Waals surface area contributed by atoms with Crippen LogP contribution in [0.4, 0.5) is 5.00 Å². The number of ether oxygens (including phenoxy) is 1. The van der Waals surface area contributed by atoms with Gasteiger partial charge in [-0.05, 0) is 54.3 Å². The monoisotopic (exact) mass is 372 g/mol. The number of hydrogen-bond acceptors (Lipinski definition) is 5. The molecule has 3 N–H and O–H groups in total. The minimum absolute atomic E-state index is 0.121. The third-order valence-electron chi connectivity index (χ3n) is 4.36. The Kier molecular flexibility index (Phi) is 5.37. The number of nitrogens with one attached hydrogen (secondary N) is 1. The summed E-state index contributed by atoms with van der Waals surface area (Å²) in [7, 11) is 0. The second kappa shape index (κ2) is 7.70. The summed E-state index contributed by atoms with van der Waals surface area (Å²) in [5.41, 5.74) is 9.00. The predicted octanol–water partition coefficient (Wildman–Crippen LogP) is 2.45. The number of carbonyl (C=O) groups excluding carboxylic acids is 3. The van der Waals surface area contributed by atoms with Crippen LogP contribution in [0.2, 0.25) is 0 Å². The van der Waals surface area contributed by atoms with E-state index in [1.54, 1.807) is 5.38 Å². The summed E-state index contributed by atoms with van der Waals surface area (Å²) in [6.07, 6.45) is 2.43. The fraction of sp³-hybridized carbons (Fsp3) is 0.316. The number of fused-ring (bicyclic) bond motifs is 1. The standard InChI is InChI=1S/C19H20N2O4S/c1-11(18(24)21-19-15(17(20)23)7-8-26-19)25-16(22)10-12-5-6-13-3-2-4-14(13)9-12/h5-9,11H,2-4,10H2,1H3,(H2,20,23)(H,21,24)/t11-/m0/s1. The van der Waals surface area contributed by atoms with Crippen LogP contribution in [-0.2, 0) is 33.6 Å². The number of nitrogens with two attached hydrogens (primary N) is 1. The summed E-state index contributed by atoms with van der Waals surface area (Å²) >= 11 is 1.18. The van der Waals surface area contributed by atoms with Gasteiger partial charge in [-0.15, -0.1) is 11.3 Å². The van der Waals surface area contributed by atoms with Crippen molar-refractivity contribution in [2.24, 2.45) is 5.73 Å². The number of primary amides is 1. The van der Waals surface area contributed by atoms with E-state index >= 15 is 0 Å². The fourth-order valence-electron chi connectivity index (χ4n) is 3.01. The molecule has 2 aromatic rings. The number of rotatable bonds is 6. The zero-order valence-corrected chi connectivity index (χ0v) is 15.2. The van der Waals surface area contributed by atoms with Crippen molar-refractivity contribution >= 4 is 34.1 Å². The highest BCUT2D eigenvalue weighted by atomic mass is 32.1. The first-order chi connectivity index (χ1) is 12.4. The molecular formula is C19H20N2O4S. The van der Waals surface area contributed by atoms with Gasteiger partial charge in [0.1, 0.15) is 5.00 Å². The first-order valence-electron chi connectivity index (χ1n) is 8.42. The Morgan fingerprint density at radius 3 is 2.77 bits per heavy atom. The van der Waals surface area contributed by atoms with Crippen LogP contribution in [0.15, 0.2) is 29.6 Å². The first kappa shape index (κ1) is 18.1. The van der Waals surface area contributed by atoms with E-state index in [0.29, 0.717) is 5.00 Å². The van der Waals surface area contributed by atoms with Crippen LogP contribution in [-0.4, -0.2) is 23.9 Å². The number of esters is 1. The Labute approximate surface area is 155 Å². The lowest BCUT2D eigenvalue weighted by atomic mass is 10.0. The van der Waals surface area contributed by atoms with Crippen LogP contribution >= 0.6 is 11.3 Å². The van der Waals surface area contributed by atoms with Gasteiger partial charge in [-0.1, -0.05) is 18.2 Å². The number of amides is 2. The van der Waals surface area contributed by atoms with Gasteiger partial charge in [0, 0.05) is 0 Å². The van der Waals surface area contributed by atoms with E-state index in [-0.39, 0.29) is 12.0 Å². The topological polar surface area (TPSA) is 98.5 Å². The minimum Gasteiger partial charge on any atom is -0.452 e. The van der Waals surface area contributed by atoms with Gasteiger partial charge in [0.25, 0.3) is 11.8 Å². The number of benzene rings is 1. The molecule has 0 unspecified atom stereocenters. The number of aryl methyl sites for hydroxylation is 2. The zero-order chi connectivity index (χ0) is 18.7. The highest BCUT2D eigenvalue weighted by Gasteiger charge is 2.21. The molecule has 1 aromatic carbocycles. The maximum absolute atomic E-state index is 12.2. The van der Waals surface area contributed by atoms with Crippen molar-refractivity contribution < 1.29 is 19.1 Å². The van der Waals surface area contributed by atoms with Gasteiger partial charge in [0.15, 0.2) is 6.10 Å². The van der Waals surface area contributed by atoms with Crippen LogP contribution in [0.5, 0.6) is 0 Å². The number of anilines is 1. The normalized spacial score (nSPS) is 13.7. The molecule has 1 heterocycles. The SMILES string of the molecule is C[C@H](OC(=O)Cc1ccc2c(c1)CCC2)C(=O)Nc1sccc1C(N)=O. The first-order valence-corrected chi connectivity index (χ1v) is 9.30. The average Bonchev–Trinajstić information content (AvgIpc) is 3.22.